The zero-order valence-corrected chi connectivity index (χ0v) is 13.4. The monoisotopic (exact) mass is 335 g/mol. The summed E-state index contributed by atoms with van der Waals surface area (Å²) in [7, 11) is 0. The third-order valence-corrected chi connectivity index (χ3v) is 4.20. The molecule has 118 valence electrons. The summed E-state index contributed by atoms with van der Waals surface area (Å²) in [5.41, 5.74) is 1.85. The summed E-state index contributed by atoms with van der Waals surface area (Å²) in [6.45, 7) is 0. The van der Waals surface area contributed by atoms with E-state index in [0.717, 1.165) is 16.3 Å². The van der Waals surface area contributed by atoms with E-state index in [1.165, 1.54) is 10.7 Å². The van der Waals surface area contributed by atoms with Crippen molar-refractivity contribution in [2.45, 2.75) is 5.03 Å². The van der Waals surface area contributed by atoms with Gasteiger partial charge < -0.3 is 10.2 Å². The van der Waals surface area contributed by atoms with Crippen molar-refractivity contribution in [2.24, 2.45) is 0 Å². The van der Waals surface area contributed by atoms with Crippen LogP contribution in [0.5, 0.6) is 11.5 Å². The maximum atomic E-state index is 10.1. The molecule has 4 rings (SSSR count). The Labute approximate surface area is 143 Å². The number of para-hydroxylation sites is 1. The Morgan fingerprint density at radius 2 is 1.67 bits per heavy atom. The molecular weight excluding hydrogens is 322 g/mol. The Balaban J connectivity index is 1.95. The molecule has 6 heteroatoms. The van der Waals surface area contributed by atoms with Crippen LogP contribution >= 0.6 is 12.6 Å². The highest BCUT2D eigenvalue weighted by atomic mass is 32.1. The quantitative estimate of drug-likeness (QED) is 0.385. The Morgan fingerprint density at radius 3 is 2.50 bits per heavy atom. The third kappa shape index (κ3) is 2.28. The molecule has 3 aromatic carbocycles. The van der Waals surface area contributed by atoms with Gasteiger partial charge in [0, 0.05) is 5.56 Å². The van der Waals surface area contributed by atoms with Crippen LogP contribution in [0.3, 0.4) is 0 Å². The fourth-order valence-corrected chi connectivity index (χ4v) is 2.98. The molecule has 0 aliphatic carbocycles. The summed E-state index contributed by atoms with van der Waals surface area (Å²) in [5, 5.41) is 30.6. The van der Waals surface area contributed by atoms with Crippen LogP contribution in [0.4, 0.5) is 0 Å². The lowest BCUT2D eigenvalue weighted by molar-refractivity contribution is 0.401. The van der Waals surface area contributed by atoms with Crippen LogP contribution in [0.2, 0.25) is 0 Å². The van der Waals surface area contributed by atoms with Crippen LogP contribution < -0.4 is 0 Å². The molecule has 1 aromatic heterocycles. The SMILES string of the molecule is Oc1cccc(-n2nnc(S)c2-c2ccc3ccccc3c2)c1O. The van der Waals surface area contributed by atoms with Crippen LogP contribution in [0.1, 0.15) is 0 Å². The zero-order chi connectivity index (χ0) is 16.7. The van der Waals surface area contributed by atoms with Gasteiger partial charge in [-0.1, -0.05) is 47.7 Å². The van der Waals surface area contributed by atoms with E-state index in [0.29, 0.717) is 16.4 Å². The van der Waals surface area contributed by atoms with Crippen molar-refractivity contribution in [3.05, 3.63) is 60.7 Å². The Morgan fingerprint density at radius 1 is 0.875 bits per heavy atom. The number of phenolic OH excluding ortho intramolecular Hbond substituents is 2. The number of aromatic nitrogens is 3. The second-order valence-electron chi connectivity index (χ2n) is 5.38. The van der Waals surface area contributed by atoms with Crippen molar-refractivity contribution >= 4 is 23.4 Å². The van der Waals surface area contributed by atoms with Gasteiger partial charge in [0.25, 0.3) is 0 Å². The first kappa shape index (κ1) is 14.6. The standard InChI is InChI=1S/C18H13N3O2S/c22-15-7-3-6-14(17(15)23)21-16(18(24)19-20-21)13-9-8-11-4-1-2-5-12(11)10-13/h1-10,22-24H. The molecule has 0 atom stereocenters. The molecule has 0 radical (unpaired) electrons. The topological polar surface area (TPSA) is 71.2 Å². The van der Waals surface area contributed by atoms with Gasteiger partial charge in [0.2, 0.25) is 0 Å². The molecule has 0 aliphatic heterocycles. The third-order valence-electron chi connectivity index (χ3n) is 3.90. The molecule has 2 N–H and O–H groups in total. The highest BCUT2D eigenvalue weighted by Gasteiger charge is 2.18. The maximum absolute atomic E-state index is 10.1. The van der Waals surface area contributed by atoms with Crippen LogP contribution in [-0.2, 0) is 0 Å². The average Bonchev–Trinajstić information content (AvgIpc) is 2.98. The van der Waals surface area contributed by atoms with Gasteiger partial charge in [0.05, 0.1) is 0 Å². The second kappa shape index (κ2) is 5.58. The van der Waals surface area contributed by atoms with Gasteiger partial charge in [-0.2, -0.15) is 0 Å². The van der Waals surface area contributed by atoms with Gasteiger partial charge in [-0.25, -0.2) is 4.68 Å². The van der Waals surface area contributed by atoms with Crippen LogP contribution in [0.15, 0.2) is 65.7 Å². The second-order valence-corrected chi connectivity index (χ2v) is 5.80. The number of phenols is 2. The lowest BCUT2D eigenvalue weighted by Gasteiger charge is -2.10. The number of benzene rings is 3. The minimum Gasteiger partial charge on any atom is -0.504 e. The fraction of sp³-hybridized carbons (Fsp3) is 0. The van der Waals surface area contributed by atoms with Crippen LogP contribution in [-0.4, -0.2) is 25.2 Å². The summed E-state index contributed by atoms with van der Waals surface area (Å²) in [5.74, 6) is -0.467. The molecule has 0 amide bonds. The van der Waals surface area contributed by atoms with Crippen molar-refractivity contribution in [1.29, 1.82) is 0 Å². The number of rotatable bonds is 2. The van der Waals surface area contributed by atoms with Gasteiger partial charge in [-0.15, -0.1) is 17.7 Å². The Kier molecular flexibility index (Phi) is 3.39. The summed E-state index contributed by atoms with van der Waals surface area (Å²) in [4.78, 5) is 0. The molecule has 0 aliphatic rings. The molecular formula is C18H13N3O2S. The normalized spacial score (nSPS) is 11.0. The van der Waals surface area contributed by atoms with Crippen molar-refractivity contribution in [3.8, 4) is 28.4 Å². The largest absolute Gasteiger partial charge is 0.504 e. The number of nitrogens with zero attached hydrogens (tertiary/aromatic N) is 3. The van der Waals surface area contributed by atoms with E-state index in [2.05, 4.69) is 22.9 Å². The molecule has 4 aromatic rings. The molecule has 24 heavy (non-hydrogen) atoms. The highest BCUT2D eigenvalue weighted by molar-refractivity contribution is 7.80. The minimum absolute atomic E-state index is 0.215. The Hall–Kier alpha value is -2.99. The van der Waals surface area contributed by atoms with E-state index in [9.17, 15) is 10.2 Å². The van der Waals surface area contributed by atoms with E-state index in [1.807, 2.05) is 42.5 Å². The van der Waals surface area contributed by atoms with Gasteiger partial charge in [-0.3, -0.25) is 0 Å². The molecule has 0 fully saturated rings. The maximum Gasteiger partial charge on any atom is 0.183 e. The number of fused-ring (bicyclic) bond motifs is 1. The van der Waals surface area contributed by atoms with Crippen molar-refractivity contribution in [3.63, 3.8) is 0 Å². The molecule has 0 bridgehead atoms. The molecule has 0 saturated heterocycles. The van der Waals surface area contributed by atoms with Crippen LogP contribution in [0.25, 0.3) is 27.7 Å². The average molecular weight is 335 g/mol. The molecule has 0 spiro atoms. The lowest BCUT2D eigenvalue weighted by atomic mass is 10.1. The first-order valence-corrected chi connectivity index (χ1v) is 7.75. The fourth-order valence-electron chi connectivity index (χ4n) is 2.72. The summed E-state index contributed by atoms with van der Waals surface area (Å²) < 4.78 is 1.47. The lowest BCUT2D eigenvalue weighted by Crippen LogP contribution is -2.00. The van der Waals surface area contributed by atoms with Crippen molar-refractivity contribution in [2.75, 3.05) is 0 Å². The van der Waals surface area contributed by atoms with E-state index in [4.69, 9.17) is 0 Å². The summed E-state index contributed by atoms with van der Waals surface area (Å²) >= 11 is 4.40. The molecule has 0 saturated carbocycles. The van der Waals surface area contributed by atoms with E-state index >= 15 is 0 Å². The van der Waals surface area contributed by atoms with E-state index in [1.54, 1.807) is 12.1 Å². The number of hydrogen-bond acceptors (Lipinski definition) is 5. The van der Waals surface area contributed by atoms with Gasteiger partial charge in [0.15, 0.2) is 11.5 Å². The van der Waals surface area contributed by atoms with Gasteiger partial charge in [0.1, 0.15) is 16.4 Å². The summed E-state index contributed by atoms with van der Waals surface area (Å²) in [6.07, 6.45) is 0. The molecule has 0 unspecified atom stereocenters. The van der Waals surface area contributed by atoms with Crippen LogP contribution in [0, 0.1) is 0 Å². The van der Waals surface area contributed by atoms with E-state index in [-0.39, 0.29) is 11.5 Å². The minimum atomic E-state index is -0.252. The highest BCUT2D eigenvalue weighted by Crippen LogP contribution is 2.35. The first-order chi connectivity index (χ1) is 11.6. The zero-order valence-electron chi connectivity index (χ0n) is 12.5. The van der Waals surface area contributed by atoms with Crippen molar-refractivity contribution in [1.82, 2.24) is 15.0 Å². The van der Waals surface area contributed by atoms with Crippen molar-refractivity contribution < 1.29 is 10.2 Å². The number of hydrogen-bond donors (Lipinski definition) is 3. The molecule has 5 nitrogen and oxygen atoms in total. The Bertz CT molecular complexity index is 1060. The number of aromatic hydroxyl groups is 2. The first-order valence-electron chi connectivity index (χ1n) is 7.30. The van der Waals surface area contributed by atoms with Gasteiger partial charge in [-0.05, 0) is 29.0 Å². The number of thiol groups is 1. The molecule has 1 heterocycles. The smallest absolute Gasteiger partial charge is 0.183 e. The van der Waals surface area contributed by atoms with Gasteiger partial charge >= 0.3 is 0 Å². The van der Waals surface area contributed by atoms with E-state index < -0.39 is 0 Å². The summed E-state index contributed by atoms with van der Waals surface area (Å²) in [6, 6.07) is 18.7. The predicted molar refractivity (Wildman–Crippen MR) is 94.9 cm³/mol. The predicted octanol–water partition coefficient (Wildman–Crippen LogP) is 3.79.